The summed E-state index contributed by atoms with van der Waals surface area (Å²) in [7, 11) is 1.99. The Bertz CT molecular complexity index is 768. The highest BCUT2D eigenvalue weighted by Crippen LogP contribution is 2.10. The number of hydrogen-bond acceptors (Lipinski definition) is 4. The molecule has 2 amide bonds. The summed E-state index contributed by atoms with van der Waals surface area (Å²) in [6, 6.07) is 17.2. The molecule has 0 heterocycles. The molecule has 0 aromatic heterocycles. The lowest BCUT2D eigenvalue weighted by Gasteiger charge is -2.19. The standard InChI is InChI=1S/C22H29N3O3/c1-22(2,3)28-21(27)24-16-17-10-12-18(13-11-17)20(26)23-14-15-25(4)19-8-6-5-7-9-19/h5-13H,14-16H2,1-4H3,(H,23,26)(H,24,27). The zero-order valence-corrected chi connectivity index (χ0v) is 17.0. The first-order chi connectivity index (χ1) is 13.2. The van der Waals surface area contributed by atoms with E-state index in [0.717, 1.165) is 11.3 Å². The highest BCUT2D eigenvalue weighted by atomic mass is 16.6. The zero-order chi connectivity index (χ0) is 20.6. The molecule has 0 atom stereocenters. The lowest BCUT2D eigenvalue weighted by Crippen LogP contribution is -2.33. The number of carbonyl (C=O) groups is 2. The van der Waals surface area contributed by atoms with Gasteiger partial charge in [0.15, 0.2) is 0 Å². The van der Waals surface area contributed by atoms with Crippen LogP contribution >= 0.6 is 0 Å². The Kier molecular flexibility index (Phi) is 7.44. The summed E-state index contributed by atoms with van der Waals surface area (Å²) in [6.45, 7) is 7.06. The second-order valence-electron chi connectivity index (χ2n) is 7.57. The van der Waals surface area contributed by atoms with E-state index in [1.54, 1.807) is 12.1 Å². The van der Waals surface area contributed by atoms with Crippen LogP contribution in [0, 0.1) is 0 Å². The quantitative estimate of drug-likeness (QED) is 0.767. The molecule has 2 rings (SSSR count). The van der Waals surface area contributed by atoms with Gasteiger partial charge in [0.1, 0.15) is 5.60 Å². The third-order valence-corrected chi connectivity index (χ3v) is 3.98. The lowest BCUT2D eigenvalue weighted by molar-refractivity contribution is 0.0523. The molecule has 2 N–H and O–H groups in total. The van der Waals surface area contributed by atoms with Crippen molar-refractivity contribution in [2.45, 2.75) is 32.9 Å². The summed E-state index contributed by atoms with van der Waals surface area (Å²) >= 11 is 0. The predicted octanol–water partition coefficient (Wildman–Crippen LogP) is 3.58. The number of nitrogens with zero attached hydrogens (tertiary/aromatic N) is 1. The van der Waals surface area contributed by atoms with Gasteiger partial charge >= 0.3 is 6.09 Å². The van der Waals surface area contributed by atoms with Gasteiger partial charge in [-0.25, -0.2) is 4.79 Å². The van der Waals surface area contributed by atoms with E-state index in [4.69, 9.17) is 4.74 Å². The van der Waals surface area contributed by atoms with Crippen molar-refractivity contribution in [3.63, 3.8) is 0 Å². The summed E-state index contributed by atoms with van der Waals surface area (Å²) in [5.74, 6) is -0.117. The summed E-state index contributed by atoms with van der Waals surface area (Å²) in [5, 5.41) is 5.62. The Labute approximate surface area is 166 Å². The number of likely N-dealkylation sites (N-methyl/N-ethyl adjacent to an activating group) is 1. The van der Waals surface area contributed by atoms with E-state index < -0.39 is 11.7 Å². The molecule has 6 nitrogen and oxygen atoms in total. The number of nitrogens with one attached hydrogen (secondary N) is 2. The minimum absolute atomic E-state index is 0.117. The Morgan fingerprint density at radius 1 is 0.964 bits per heavy atom. The van der Waals surface area contributed by atoms with E-state index in [-0.39, 0.29) is 5.91 Å². The van der Waals surface area contributed by atoms with Gasteiger partial charge in [-0.2, -0.15) is 0 Å². The van der Waals surface area contributed by atoms with Crippen LogP contribution in [-0.4, -0.2) is 37.7 Å². The van der Waals surface area contributed by atoms with Crippen LogP contribution < -0.4 is 15.5 Å². The fourth-order valence-corrected chi connectivity index (χ4v) is 2.51. The van der Waals surface area contributed by atoms with E-state index >= 15 is 0 Å². The molecule has 0 spiro atoms. The van der Waals surface area contributed by atoms with Crippen LogP contribution in [0.15, 0.2) is 54.6 Å². The van der Waals surface area contributed by atoms with Crippen molar-refractivity contribution >= 4 is 17.7 Å². The minimum atomic E-state index is -0.527. The van der Waals surface area contributed by atoms with Gasteiger partial charge in [0.25, 0.3) is 5.91 Å². The van der Waals surface area contributed by atoms with Crippen molar-refractivity contribution in [2.24, 2.45) is 0 Å². The molecule has 6 heteroatoms. The van der Waals surface area contributed by atoms with Crippen molar-refractivity contribution < 1.29 is 14.3 Å². The van der Waals surface area contributed by atoms with Gasteiger partial charge in [-0.1, -0.05) is 30.3 Å². The number of hydrogen-bond donors (Lipinski definition) is 2. The molecule has 0 saturated carbocycles. The molecule has 2 aromatic carbocycles. The normalized spacial score (nSPS) is 10.9. The second kappa shape index (κ2) is 9.78. The Morgan fingerprint density at radius 2 is 1.61 bits per heavy atom. The van der Waals surface area contributed by atoms with Crippen molar-refractivity contribution in [3.05, 3.63) is 65.7 Å². The van der Waals surface area contributed by atoms with E-state index in [2.05, 4.69) is 15.5 Å². The number of para-hydroxylation sites is 1. The van der Waals surface area contributed by atoms with Crippen molar-refractivity contribution in [1.82, 2.24) is 10.6 Å². The van der Waals surface area contributed by atoms with Crippen molar-refractivity contribution in [2.75, 3.05) is 25.0 Å². The average molecular weight is 383 g/mol. The monoisotopic (exact) mass is 383 g/mol. The molecular weight excluding hydrogens is 354 g/mol. The van der Waals surface area contributed by atoms with Gasteiger partial charge in [-0.3, -0.25) is 4.79 Å². The van der Waals surface area contributed by atoms with Gasteiger partial charge in [0, 0.05) is 37.9 Å². The average Bonchev–Trinajstić information content (AvgIpc) is 2.66. The largest absolute Gasteiger partial charge is 0.444 e. The van der Waals surface area contributed by atoms with Gasteiger partial charge in [-0.05, 0) is 50.6 Å². The Balaban J connectivity index is 1.76. The molecule has 2 aromatic rings. The second-order valence-corrected chi connectivity index (χ2v) is 7.57. The van der Waals surface area contributed by atoms with Gasteiger partial charge < -0.3 is 20.3 Å². The maximum atomic E-state index is 12.3. The Hall–Kier alpha value is -3.02. The number of ether oxygens (including phenoxy) is 1. The molecule has 0 aliphatic heterocycles. The Morgan fingerprint density at radius 3 is 2.21 bits per heavy atom. The summed E-state index contributed by atoms with van der Waals surface area (Å²) in [4.78, 5) is 26.0. The van der Waals surface area contributed by atoms with E-state index in [0.29, 0.717) is 25.2 Å². The maximum Gasteiger partial charge on any atom is 0.407 e. The van der Waals surface area contributed by atoms with Crippen LogP contribution in [-0.2, 0) is 11.3 Å². The van der Waals surface area contributed by atoms with Crippen LogP contribution in [0.2, 0.25) is 0 Å². The highest BCUT2D eigenvalue weighted by molar-refractivity contribution is 5.94. The molecule has 0 bridgehead atoms. The van der Waals surface area contributed by atoms with Crippen LogP contribution in [0.25, 0.3) is 0 Å². The number of alkyl carbamates (subject to hydrolysis) is 1. The third kappa shape index (κ3) is 7.31. The van der Waals surface area contributed by atoms with Gasteiger partial charge in [-0.15, -0.1) is 0 Å². The molecule has 0 fully saturated rings. The zero-order valence-electron chi connectivity index (χ0n) is 17.0. The van der Waals surface area contributed by atoms with Gasteiger partial charge in [0.05, 0.1) is 0 Å². The molecule has 150 valence electrons. The van der Waals surface area contributed by atoms with Crippen LogP contribution in [0.1, 0.15) is 36.7 Å². The molecule has 0 aliphatic carbocycles. The molecule has 0 unspecified atom stereocenters. The summed E-state index contributed by atoms with van der Waals surface area (Å²) in [6.07, 6.45) is -0.461. The smallest absolute Gasteiger partial charge is 0.407 e. The molecule has 0 aliphatic rings. The van der Waals surface area contributed by atoms with E-state index in [1.807, 2.05) is 70.3 Å². The number of benzene rings is 2. The first-order valence-electron chi connectivity index (χ1n) is 9.35. The molecule has 0 saturated heterocycles. The first kappa shape index (κ1) is 21.3. The fraction of sp³-hybridized carbons (Fsp3) is 0.364. The van der Waals surface area contributed by atoms with Crippen molar-refractivity contribution in [3.8, 4) is 0 Å². The number of rotatable bonds is 7. The summed E-state index contributed by atoms with van der Waals surface area (Å²) in [5.41, 5.74) is 2.06. The van der Waals surface area contributed by atoms with Crippen LogP contribution in [0.5, 0.6) is 0 Å². The molecular formula is C22H29N3O3. The number of anilines is 1. The first-order valence-corrected chi connectivity index (χ1v) is 9.35. The van der Waals surface area contributed by atoms with E-state index in [9.17, 15) is 9.59 Å². The summed E-state index contributed by atoms with van der Waals surface area (Å²) < 4.78 is 5.20. The highest BCUT2D eigenvalue weighted by Gasteiger charge is 2.15. The SMILES string of the molecule is CN(CCNC(=O)c1ccc(CNC(=O)OC(C)(C)C)cc1)c1ccccc1. The van der Waals surface area contributed by atoms with Gasteiger partial charge in [0.2, 0.25) is 0 Å². The maximum absolute atomic E-state index is 12.3. The molecule has 0 radical (unpaired) electrons. The predicted molar refractivity (Wildman–Crippen MR) is 112 cm³/mol. The molecule has 28 heavy (non-hydrogen) atoms. The van der Waals surface area contributed by atoms with Crippen molar-refractivity contribution in [1.29, 1.82) is 0 Å². The fourth-order valence-electron chi connectivity index (χ4n) is 2.51. The number of amides is 2. The van der Waals surface area contributed by atoms with Crippen LogP contribution in [0.3, 0.4) is 0 Å². The minimum Gasteiger partial charge on any atom is -0.444 e. The number of carbonyl (C=O) groups excluding carboxylic acids is 2. The lowest BCUT2D eigenvalue weighted by atomic mass is 10.1. The van der Waals surface area contributed by atoms with E-state index in [1.165, 1.54) is 0 Å². The third-order valence-electron chi connectivity index (χ3n) is 3.98. The van der Waals surface area contributed by atoms with Crippen LogP contribution in [0.4, 0.5) is 10.5 Å². The topological polar surface area (TPSA) is 70.7 Å².